The van der Waals surface area contributed by atoms with Crippen molar-refractivity contribution in [3.8, 4) is 0 Å². The van der Waals surface area contributed by atoms with Crippen molar-refractivity contribution in [1.29, 1.82) is 0 Å². The quantitative estimate of drug-likeness (QED) is 0.574. The second-order valence-corrected chi connectivity index (χ2v) is 4.71. The molecule has 1 unspecified atom stereocenters. The van der Waals surface area contributed by atoms with Gasteiger partial charge >= 0.3 is 5.97 Å². The van der Waals surface area contributed by atoms with Gasteiger partial charge in [-0.2, -0.15) is 0 Å². The monoisotopic (exact) mass is 323 g/mol. The van der Waals surface area contributed by atoms with E-state index in [0.717, 1.165) is 0 Å². The van der Waals surface area contributed by atoms with Crippen molar-refractivity contribution >= 4 is 23.5 Å². The summed E-state index contributed by atoms with van der Waals surface area (Å²) in [6.07, 6.45) is 0.105. The van der Waals surface area contributed by atoms with Crippen LogP contribution in [0.5, 0.6) is 0 Å². The van der Waals surface area contributed by atoms with Crippen molar-refractivity contribution in [2.45, 2.75) is 12.5 Å². The minimum absolute atomic E-state index is 0.105. The molecule has 126 valence electrons. The number of ether oxygens (including phenoxy) is 2. The van der Waals surface area contributed by atoms with E-state index in [1.165, 1.54) is 14.2 Å². The maximum atomic E-state index is 11.9. The zero-order valence-electron chi connectivity index (χ0n) is 13.1. The average molecular weight is 323 g/mol. The van der Waals surface area contributed by atoms with E-state index >= 15 is 0 Å². The fraction of sp³-hybridized carbons (Fsp3) is 0.400. The van der Waals surface area contributed by atoms with Crippen LogP contribution in [0.25, 0.3) is 0 Å². The van der Waals surface area contributed by atoms with Crippen molar-refractivity contribution in [2.24, 2.45) is 5.73 Å². The van der Waals surface area contributed by atoms with Gasteiger partial charge in [-0.1, -0.05) is 0 Å². The molecule has 4 N–H and O–H groups in total. The van der Waals surface area contributed by atoms with E-state index in [4.69, 9.17) is 10.5 Å². The Morgan fingerprint density at radius 1 is 1.17 bits per heavy atom. The standard InChI is InChI=1S/C15H21N3O5/c1-22-9-12(16)15(21)18-11-5-3-10(4-6-11)14(20)17-8-7-13(19)23-2/h3-6,12H,7-9,16H2,1-2H3,(H,17,20)(H,18,21). The lowest BCUT2D eigenvalue weighted by molar-refractivity contribution is -0.140. The highest BCUT2D eigenvalue weighted by atomic mass is 16.5. The van der Waals surface area contributed by atoms with Crippen LogP contribution in [0.3, 0.4) is 0 Å². The molecule has 0 radical (unpaired) electrons. The van der Waals surface area contributed by atoms with Gasteiger partial charge in [-0.3, -0.25) is 14.4 Å². The first-order valence-corrected chi connectivity index (χ1v) is 6.98. The molecule has 2 amide bonds. The summed E-state index contributed by atoms with van der Waals surface area (Å²) in [4.78, 5) is 34.5. The predicted molar refractivity (Wildman–Crippen MR) is 83.9 cm³/mol. The molecular formula is C15H21N3O5. The van der Waals surface area contributed by atoms with Gasteiger partial charge in [-0.05, 0) is 24.3 Å². The molecule has 23 heavy (non-hydrogen) atoms. The van der Waals surface area contributed by atoms with Crippen molar-refractivity contribution in [3.63, 3.8) is 0 Å². The number of carbonyl (C=O) groups excluding carboxylic acids is 3. The summed E-state index contributed by atoms with van der Waals surface area (Å²) >= 11 is 0. The zero-order valence-corrected chi connectivity index (χ0v) is 13.1. The molecule has 0 aliphatic heterocycles. The number of nitrogens with two attached hydrogens (primary N) is 1. The summed E-state index contributed by atoms with van der Waals surface area (Å²) in [7, 11) is 2.75. The summed E-state index contributed by atoms with van der Waals surface area (Å²) in [5, 5.41) is 5.22. The van der Waals surface area contributed by atoms with Crippen molar-refractivity contribution < 1.29 is 23.9 Å². The first kappa shape index (κ1) is 18.6. The van der Waals surface area contributed by atoms with Crippen molar-refractivity contribution in [1.82, 2.24) is 5.32 Å². The molecule has 0 aromatic heterocycles. The van der Waals surface area contributed by atoms with Crippen LogP contribution >= 0.6 is 0 Å². The molecule has 0 saturated heterocycles. The molecule has 1 aromatic carbocycles. The molecule has 1 atom stereocenters. The predicted octanol–water partition coefficient (Wildman–Crippen LogP) is -0.108. The van der Waals surface area contributed by atoms with E-state index in [2.05, 4.69) is 15.4 Å². The highest BCUT2D eigenvalue weighted by molar-refractivity contribution is 5.97. The third-order valence-corrected chi connectivity index (χ3v) is 2.94. The second-order valence-electron chi connectivity index (χ2n) is 4.71. The van der Waals surface area contributed by atoms with Crippen LogP contribution in [0.1, 0.15) is 16.8 Å². The van der Waals surface area contributed by atoms with Gasteiger partial charge in [-0.15, -0.1) is 0 Å². The van der Waals surface area contributed by atoms with Gasteiger partial charge in [0, 0.05) is 24.9 Å². The number of nitrogens with one attached hydrogen (secondary N) is 2. The van der Waals surface area contributed by atoms with Crippen LogP contribution in [-0.2, 0) is 19.1 Å². The molecule has 1 aromatic rings. The molecule has 0 aliphatic carbocycles. The number of anilines is 1. The van der Waals surface area contributed by atoms with Crippen molar-refractivity contribution in [2.75, 3.05) is 32.7 Å². The molecule has 0 heterocycles. The van der Waals surface area contributed by atoms with E-state index < -0.39 is 12.0 Å². The van der Waals surface area contributed by atoms with Crippen LogP contribution in [0.15, 0.2) is 24.3 Å². The topological polar surface area (TPSA) is 120 Å². The molecule has 0 spiro atoms. The Morgan fingerprint density at radius 2 is 1.83 bits per heavy atom. The number of esters is 1. The third-order valence-electron chi connectivity index (χ3n) is 2.94. The fourth-order valence-electron chi connectivity index (χ4n) is 1.68. The second kappa shape index (κ2) is 9.54. The number of amides is 2. The molecule has 0 saturated carbocycles. The molecule has 8 heteroatoms. The zero-order chi connectivity index (χ0) is 17.2. The lowest BCUT2D eigenvalue weighted by atomic mass is 10.2. The number of hydrogen-bond acceptors (Lipinski definition) is 6. The van der Waals surface area contributed by atoms with E-state index in [-0.39, 0.29) is 31.4 Å². The van der Waals surface area contributed by atoms with Gasteiger partial charge in [0.05, 0.1) is 20.1 Å². The highest BCUT2D eigenvalue weighted by Gasteiger charge is 2.13. The Labute approximate surface area is 134 Å². The van der Waals surface area contributed by atoms with E-state index in [1.807, 2.05) is 0 Å². The Kier molecular flexibility index (Phi) is 7.72. The maximum absolute atomic E-state index is 11.9. The van der Waals surface area contributed by atoms with E-state index in [9.17, 15) is 14.4 Å². The molecular weight excluding hydrogens is 302 g/mol. The largest absolute Gasteiger partial charge is 0.469 e. The molecule has 0 aliphatic rings. The molecule has 1 rings (SSSR count). The Bertz CT molecular complexity index is 545. The van der Waals surface area contributed by atoms with Crippen LogP contribution in [0, 0.1) is 0 Å². The lowest BCUT2D eigenvalue weighted by Gasteiger charge is -2.11. The first-order valence-electron chi connectivity index (χ1n) is 6.98. The lowest BCUT2D eigenvalue weighted by Crippen LogP contribution is -2.39. The molecule has 8 nitrogen and oxygen atoms in total. The van der Waals surface area contributed by atoms with Crippen LogP contribution in [0.4, 0.5) is 5.69 Å². The molecule has 0 bridgehead atoms. The smallest absolute Gasteiger partial charge is 0.307 e. The number of methoxy groups -OCH3 is 2. The minimum Gasteiger partial charge on any atom is -0.469 e. The Balaban J connectivity index is 2.50. The Morgan fingerprint density at radius 3 is 2.39 bits per heavy atom. The van der Waals surface area contributed by atoms with Gasteiger partial charge in [0.25, 0.3) is 5.91 Å². The van der Waals surface area contributed by atoms with Gasteiger partial charge in [-0.25, -0.2) is 0 Å². The van der Waals surface area contributed by atoms with E-state index in [1.54, 1.807) is 24.3 Å². The van der Waals surface area contributed by atoms with Crippen molar-refractivity contribution in [3.05, 3.63) is 29.8 Å². The number of rotatable bonds is 8. The minimum atomic E-state index is -0.763. The first-order chi connectivity index (χ1) is 11.0. The summed E-state index contributed by atoms with van der Waals surface area (Å²) in [6, 6.07) is 5.54. The maximum Gasteiger partial charge on any atom is 0.307 e. The van der Waals surface area contributed by atoms with Crippen LogP contribution < -0.4 is 16.4 Å². The fourth-order valence-corrected chi connectivity index (χ4v) is 1.68. The van der Waals surface area contributed by atoms with E-state index in [0.29, 0.717) is 11.3 Å². The summed E-state index contributed by atoms with van der Waals surface area (Å²) in [5.74, 6) is -1.08. The number of hydrogen-bond donors (Lipinski definition) is 3. The SMILES string of the molecule is COCC(N)C(=O)Nc1ccc(C(=O)NCCC(=O)OC)cc1. The van der Waals surface area contributed by atoms with Gasteiger partial charge < -0.3 is 25.8 Å². The highest BCUT2D eigenvalue weighted by Crippen LogP contribution is 2.10. The molecule has 0 fully saturated rings. The normalized spacial score (nSPS) is 11.4. The summed E-state index contributed by atoms with van der Waals surface area (Å²) in [5.41, 5.74) is 6.54. The van der Waals surface area contributed by atoms with Gasteiger partial charge in [0.1, 0.15) is 6.04 Å². The van der Waals surface area contributed by atoms with Crippen LogP contribution in [-0.4, -0.2) is 51.2 Å². The van der Waals surface area contributed by atoms with Gasteiger partial charge in [0.2, 0.25) is 5.91 Å². The Hall–Kier alpha value is -2.45. The summed E-state index contributed by atoms with van der Waals surface area (Å²) in [6.45, 7) is 0.308. The number of carbonyl (C=O) groups is 3. The van der Waals surface area contributed by atoms with Gasteiger partial charge in [0.15, 0.2) is 0 Å². The third kappa shape index (κ3) is 6.45. The summed E-state index contributed by atoms with van der Waals surface area (Å²) < 4.78 is 9.28. The van der Waals surface area contributed by atoms with Crippen LogP contribution in [0.2, 0.25) is 0 Å². The number of benzene rings is 1. The average Bonchev–Trinajstić information content (AvgIpc) is 2.55.